The highest BCUT2D eigenvalue weighted by Crippen LogP contribution is 2.36. The first-order valence-corrected chi connectivity index (χ1v) is 11.5. The summed E-state index contributed by atoms with van der Waals surface area (Å²) in [6.45, 7) is 0. The average Bonchev–Trinajstić information content (AvgIpc) is 2.87. The molecule has 4 rings (SSSR count). The Hall–Kier alpha value is -3.82. The molecule has 1 heterocycles. The number of thioether (sulfide) groups is 1. The Morgan fingerprint density at radius 2 is 1.70 bits per heavy atom. The number of allylic oxidation sites excluding steroid dienone is 1. The first-order chi connectivity index (χ1) is 16.1. The van der Waals surface area contributed by atoms with E-state index in [-0.39, 0.29) is 29.8 Å². The van der Waals surface area contributed by atoms with Crippen LogP contribution in [0.15, 0.2) is 89.5 Å². The Kier molecular flexibility index (Phi) is 6.92. The second kappa shape index (κ2) is 10.2. The predicted molar refractivity (Wildman–Crippen MR) is 130 cm³/mol. The lowest BCUT2D eigenvalue weighted by molar-refractivity contribution is -0.120. The van der Waals surface area contributed by atoms with Crippen LogP contribution in [0.2, 0.25) is 0 Å². The molecular weight excluding hydrogens is 432 g/mol. The third-order valence-corrected chi connectivity index (χ3v) is 6.55. The summed E-state index contributed by atoms with van der Waals surface area (Å²) in [7, 11) is 1.59. The number of rotatable bonds is 7. The summed E-state index contributed by atoms with van der Waals surface area (Å²) < 4.78 is 5.19. The van der Waals surface area contributed by atoms with Gasteiger partial charge in [0.1, 0.15) is 5.75 Å². The Balaban J connectivity index is 1.49. The number of ketones is 1. The largest absolute Gasteiger partial charge is 0.497 e. The number of benzene rings is 3. The van der Waals surface area contributed by atoms with Gasteiger partial charge in [0, 0.05) is 17.9 Å². The molecule has 1 N–H and O–H groups in total. The second-order valence-electron chi connectivity index (χ2n) is 7.59. The molecule has 0 saturated carbocycles. The van der Waals surface area contributed by atoms with Crippen LogP contribution in [-0.2, 0) is 4.79 Å². The maximum absolute atomic E-state index is 12.8. The minimum absolute atomic E-state index is 0.0646. The van der Waals surface area contributed by atoms with Crippen molar-refractivity contribution in [1.82, 2.24) is 5.32 Å². The van der Waals surface area contributed by atoms with Crippen LogP contribution in [0.3, 0.4) is 0 Å². The van der Waals surface area contributed by atoms with E-state index in [1.807, 2.05) is 78.9 Å². The van der Waals surface area contributed by atoms with Crippen molar-refractivity contribution >= 4 is 23.5 Å². The van der Waals surface area contributed by atoms with E-state index in [0.29, 0.717) is 21.9 Å². The lowest BCUT2D eigenvalue weighted by atomic mass is 9.87. The topological polar surface area (TPSA) is 79.2 Å². The Bertz CT molecular complexity index is 1230. The zero-order chi connectivity index (χ0) is 23.2. The first-order valence-electron chi connectivity index (χ1n) is 10.5. The summed E-state index contributed by atoms with van der Waals surface area (Å²) in [6, 6.07) is 27.0. The summed E-state index contributed by atoms with van der Waals surface area (Å²) >= 11 is 1.19. The van der Waals surface area contributed by atoms with Crippen LogP contribution in [0.1, 0.15) is 28.3 Å². The van der Waals surface area contributed by atoms with Gasteiger partial charge in [-0.15, -0.1) is 0 Å². The number of nitrogens with one attached hydrogen (secondary N) is 1. The van der Waals surface area contributed by atoms with Crippen LogP contribution in [0.4, 0.5) is 0 Å². The Morgan fingerprint density at radius 1 is 1.03 bits per heavy atom. The third-order valence-electron chi connectivity index (χ3n) is 5.54. The zero-order valence-electron chi connectivity index (χ0n) is 18.1. The van der Waals surface area contributed by atoms with Crippen molar-refractivity contribution in [3.8, 4) is 22.9 Å². The van der Waals surface area contributed by atoms with Gasteiger partial charge in [0.05, 0.1) is 29.5 Å². The summed E-state index contributed by atoms with van der Waals surface area (Å²) in [4.78, 5) is 25.1. The van der Waals surface area contributed by atoms with Gasteiger partial charge >= 0.3 is 0 Å². The van der Waals surface area contributed by atoms with Crippen molar-refractivity contribution in [3.63, 3.8) is 0 Å². The number of amides is 1. The van der Waals surface area contributed by atoms with Crippen molar-refractivity contribution in [3.05, 3.63) is 101 Å². The zero-order valence-corrected chi connectivity index (χ0v) is 18.9. The number of carbonyl (C=O) groups is 2. The standard InChI is InChI=1S/C27H22N2O3S/c1-32-22-13-11-20(12-14-22)23-15-26(31)29-27(24(23)16-28)33-17-25(30)21-9-7-19(8-10-21)18-5-3-2-4-6-18/h2-14,23H,15,17H2,1H3,(H,29,31)/t23-/m0/s1. The highest BCUT2D eigenvalue weighted by molar-refractivity contribution is 8.03. The summed E-state index contributed by atoms with van der Waals surface area (Å²) in [5.41, 5.74) is 4.05. The lowest BCUT2D eigenvalue weighted by Gasteiger charge is -2.25. The molecule has 33 heavy (non-hydrogen) atoms. The molecule has 164 valence electrons. The van der Waals surface area contributed by atoms with Crippen molar-refractivity contribution in [2.45, 2.75) is 12.3 Å². The quantitative estimate of drug-likeness (QED) is 0.489. The van der Waals surface area contributed by atoms with Gasteiger partial charge in [-0.25, -0.2) is 0 Å². The van der Waals surface area contributed by atoms with Gasteiger partial charge in [0.15, 0.2) is 5.78 Å². The monoisotopic (exact) mass is 454 g/mol. The van der Waals surface area contributed by atoms with E-state index in [2.05, 4.69) is 11.4 Å². The molecule has 0 unspecified atom stereocenters. The van der Waals surface area contributed by atoms with Gasteiger partial charge < -0.3 is 10.1 Å². The SMILES string of the molecule is COc1ccc([C@@H]2CC(=O)NC(SCC(=O)c3ccc(-c4ccccc4)cc3)=C2C#N)cc1. The Labute approximate surface area is 197 Å². The van der Waals surface area contributed by atoms with Crippen molar-refractivity contribution in [2.24, 2.45) is 0 Å². The fourth-order valence-corrected chi connectivity index (χ4v) is 4.73. The lowest BCUT2D eigenvalue weighted by Crippen LogP contribution is -2.31. The van der Waals surface area contributed by atoms with Crippen LogP contribution >= 0.6 is 11.8 Å². The van der Waals surface area contributed by atoms with Crippen molar-refractivity contribution in [2.75, 3.05) is 12.9 Å². The summed E-state index contributed by atoms with van der Waals surface area (Å²) in [5.74, 6) is 0.250. The molecule has 1 amide bonds. The normalized spacial score (nSPS) is 15.5. The molecule has 0 fully saturated rings. The number of nitrogens with zero attached hydrogens (tertiary/aromatic N) is 1. The molecule has 5 nitrogen and oxygen atoms in total. The molecule has 0 aliphatic carbocycles. The molecule has 0 saturated heterocycles. The van der Waals surface area contributed by atoms with Gasteiger partial charge in [-0.3, -0.25) is 9.59 Å². The average molecular weight is 455 g/mol. The molecule has 3 aromatic carbocycles. The molecule has 1 aliphatic rings. The third kappa shape index (κ3) is 5.16. The minimum Gasteiger partial charge on any atom is -0.497 e. The van der Waals surface area contributed by atoms with Gasteiger partial charge in [0.2, 0.25) is 5.91 Å². The molecule has 1 atom stereocenters. The molecule has 0 radical (unpaired) electrons. The highest BCUT2D eigenvalue weighted by Gasteiger charge is 2.30. The number of carbonyl (C=O) groups excluding carboxylic acids is 2. The fraction of sp³-hybridized carbons (Fsp3) is 0.148. The van der Waals surface area contributed by atoms with Crippen LogP contribution in [0.5, 0.6) is 5.75 Å². The maximum atomic E-state index is 12.8. The van der Waals surface area contributed by atoms with E-state index in [1.165, 1.54) is 11.8 Å². The molecule has 1 aliphatic heterocycles. The van der Waals surface area contributed by atoms with E-state index < -0.39 is 0 Å². The van der Waals surface area contributed by atoms with E-state index in [4.69, 9.17) is 4.74 Å². The molecule has 6 heteroatoms. The highest BCUT2D eigenvalue weighted by atomic mass is 32.2. The van der Waals surface area contributed by atoms with Gasteiger partial charge in [-0.1, -0.05) is 78.5 Å². The molecular formula is C27H22N2O3S. The molecule has 3 aromatic rings. The van der Waals surface area contributed by atoms with Crippen LogP contribution in [0, 0.1) is 11.3 Å². The van der Waals surface area contributed by atoms with Gasteiger partial charge in [-0.05, 0) is 28.8 Å². The maximum Gasteiger partial charge on any atom is 0.225 e. The summed E-state index contributed by atoms with van der Waals surface area (Å²) in [5, 5.41) is 13.0. The number of hydrogen-bond donors (Lipinski definition) is 1. The Morgan fingerprint density at radius 3 is 2.33 bits per heavy atom. The van der Waals surface area contributed by atoms with Crippen molar-refractivity contribution in [1.29, 1.82) is 5.26 Å². The van der Waals surface area contributed by atoms with Crippen molar-refractivity contribution < 1.29 is 14.3 Å². The minimum atomic E-state index is -0.350. The van der Waals surface area contributed by atoms with E-state index in [9.17, 15) is 14.9 Å². The van der Waals surface area contributed by atoms with Crippen LogP contribution in [-0.4, -0.2) is 24.6 Å². The predicted octanol–water partition coefficient (Wildman–Crippen LogP) is 5.32. The second-order valence-corrected chi connectivity index (χ2v) is 8.57. The number of ether oxygens (including phenoxy) is 1. The number of Topliss-reactive ketones (excluding diaryl/α,β-unsaturated/α-hetero) is 1. The van der Waals surface area contributed by atoms with Gasteiger partial charge in [-0.2, -0.15) is 5.26 Å². The number of nitriles is 1. The smallest absolute Gasteiger partial charge is 0.225 e. The molecule has 0 bridgehead atoms. The van der Waals surface area contributed by atoms with Crippen LogP contribution in [0.25, 0.3) is 11.1 Å². The van der Waals surface area contributed by atoms with E-state index in [0.717, 1.165) is 16.7 Å². The molecule has 0 aromatic heterocycles. The first kappa shape index (κ1) is 22.4. The van der Waals surface area contributed by atoms with E-state index >= 15 is 0 Å². The van der Waals surface area contributed by atoms with E-state index in [1.54, 1.807) is 7.11 Å². The number of methoxy groups -OCH3 is 1. The molecule has 0 spiro atoms. The number of hydrogen-bond acceptors (Lipinski definition) is 5. The van der Waals surface area contributed by atoms with Gasteiger partial charge in [0.25, 0.3) is 0 Å². The summed E-state index contributed by atoms with van der Waals surface area (Å²) in [6.07, 6.45) is 0.189. The van der Waals surface area contributed by atoms with Crippen LogP contribution < -0.4 is 10.1 Å². The fourth-order valence-electron chi connectivity index (χ4n) is 3.75.